The van der Waals surface area contributed by atoms with Gasteiger partial charge in [0.05, 0.1) is 32.8 Å². The van der Waals surface area contributed by atoms with Gasteiger partial charge in [0.2, 0.25) is 0 Å². The van der Waals surface area contributed by atoms with Crippen LogP contribution in [0.5, 0.6) is 5.75 Å². The molecule has 0 aliphatic heterocycles. The van der Waals surface area contributed by atoms with E-state index in [1.54, 1.807) is 24.5 Å². The molecule has 2 fully saturated rings. The van der Waals surface area contributed by atoms with Crippen molar-refractivity contribution >= 4 is 63.0 Å². The van der Waals surface area contributed by atoms with Crippen LogP contribution in [0.25, 0.3) is 96.0 Å². The van der Waals surface area contributed by atoms with Crippen LogP contribution >= 0.6 is 22.7 Å². The van der Waals surface area contributed by atoms with Crippen molar-refractivity contribution in [3.8, 4) is 61.4 Å². The zero-order valence-electron chi connectivity index (χ0n) is 52.8. The van der Waals surface area contributed by atoms with Crippen molar-refractivity contribution in [3.63, 3.8) is 0 Å². The van der Waals surface area contributed by atoms with Gasteiger partial charge in [0, 0.05) is 45.8 Å². The van der Waals surface area contributed by atoms with Gasteiger partial charge in [-0.1, -0.05) is 212 Å². The smallest absolute Gasteiger partial charge is 0.119 e. The zero-order chi connectivity index (χ0) is 59.9. The van der Waals surface area contributed by atoms with Crippen molar-refractivity contribution < 1.29 is 14.2 Å². The number of allylic oxidation sites excluding steroid dienone is 2. The molecule has 1 spiro atoms. The second-order valence-electron chi connectivity index (χ2n) is 26.3. The van der Waals surface area contributed by atoms with Crippen LogP contribution in [0.3, 0.4) is 0 Å². The van der Waals surface area contributed by atoms with E-state index in [0.29, 0.717) is 0 Å². The lowest BCUT2D eigenvalue weighted by molar-refractivity contribution is -0.0960. The molecule has 10 aromatic rings. The van der Waals surface area contributed by atoms with Crippen molar-refractivity contribution in [2.24, 2.45) is 10.8 Å². The van der Waals surface area contributed by atoms with E-state index in [-0.39, 0.29) is 16.2 Å². The minimum atomic E-state index is -0.0488. The molecule has 2 bridgehead atoms. The summed E-state index contributed by atoms with van der Waals surface area (Å²) in [5.41, 5.74) is 18.4. The maximum absolute atomic E-state index is 6.24. The Morgan fingerprint density at radius 3 is 1.25 bits per heavy atom. The predicted molar refractivity (Wildman–Crippen MR) is 379 cm³/mol. The first-order chi connectivity index (χ1) is 43.3. The second-order valence-corrected chi connectivity index (χ2v) is 28.5. The van der Waals surface area contributed by atoms with Gasteiger partial charge in [0.1, 0.15) is 5.75 Å². The fourth-order valence-corrected chi connectivity index (χ4v) is 19.1. The van der Waals surface area contributed by atoms with E-state index < -0.39 is 0 Å². The highest BCUT2D eigenvalue weighted by Gasteiger charge is 2.69. The fourth-order valence-electron chi connectivity index (χ4n) is 16.7. The number of fused-ring (bicyclic) bond motifs is 9. The van der Waals surface area contributed by atoms with E-state index in [9.17, 15) is 0 Å². The number of ether oxygens (including phenoxy) is 3. The lowest BCUT2D eigenvalue weighted by Crippen LogP contribution is -2.62. The maximum Gasteiger partial charge on any atom is 0.119 e. The molecular formula is C83H90O3S2. The molecular weight excluding hydrogens is 1110 g/mol. The van der Waals surface area contributed by atoms with Crippen LogP contribution < -0.4 is 4.74 Å². The molecule has 3 aliphatic rings. The minimum Gasteiger partial charge on any atom is -0.505 e. The molecule has 0 radical (unpaired) electrons. The van der Waals surface area contributed by atoms with Gasteiger partial charge in [-0.05, 0) is 203 Å². The number of hydrogen-bond acceptors (Lipinski definition) is 5. The lowest BCUT2D eigenvalue weighted by atomic mass is 9.36. The molecule has 8 aromatic carbocycles. The largest absolute Gasteiger partial charge is 0.505 e. The molecule has 88 heavy (non-hydrogen) atoms. The molecule has 0 unspecified atom stereocenters. The van der Waals surface area contributed by atoms with E-state index in [1.807, 2.05) is 41.1 Å². The van der Waals surface area contributed by atoms with Crippen LogP contribution in [0.15, 0.2) is 182 Å². The standard InChI is InChI=1S/C83H90O3S2/c1-5-7-43-81-45-21-47-82(44-8-6-2,48-22-46-81)83(81)75-53-62(66-33-41-73-71-39-31-64(55-77(71)87-79(73)57-66)60-25-23-59(3)24-26-60)29-37-69(75)70-38-30-63(54-76(70)83)67-34-42-74-72-40-32-65(56-78(72)88-80(74)58-67)61-27-35-68(36-28-61)86-52-20-15-13-11-9-10-12-14-18-50-85-51-19-16-17-49-84-4/h17,19,23-42,49,51,53-58H,5-16,18,20-22,43-48,50,52H2,1-4H3/b49-17+,51-19+. The average molecular weight is 1200 g/mol. The van der Waals surface area contributed by atoms with Crippen molar-refractivity contribution in [2.45, 2.75) is 167 Å². The van der Waals surface area contributed by atoms with Crippen LogP contribution in [0.1, 0.15) is 172 Å². The molecule has 3 nitrogen and oxygen atoms in total. The number of rotatable bonds is 27. The van der Waals surface area contributed by atoms with Crippen molar-refractivity contribution in [3.05, 3.63) is 199 Å². The molecule has 2 saturated carbocycles. The van der Waals surface area contributed by atoms with Crippen molar-refractivity contribution in [1.82, 2.24) is 0 Å². The van der Waals surface area contributed by atoms with Gasteiger partial charge in [0.25, 0.3) is 0 Å². The first kappa shape index (κ1) is 60.0. The quantitative estimate of drug-likeness (QED) is 0.0379. The molecule has 3 aliphatic carbocycles. The molecule has 452 valence electrons. The SMILES string of the molecule is CCCCC12CCCC(CCCC)(CCC1)C21c2cc(-c3ccc4c(c3)sc3cc(-c5ccc(C)cc5)ccc34)ccc2-c2ccc(-c3ccc4c(c3)sc3cc(-c5ccc(OCCCCCCCCCCCO/C=C/C/C=C/OC)cc5)ccc34)cc21. The van der Waals surface area contributed by atoms with Gasteiger partial charge >= 0.3 is 0 Å². The Bertz CT molecular complexity index is 4060. The Balaban J connectivity index is 0.732. The first-order valence-corrected chi connectivity index (χ1v) is 35.5. The van der Waals surface area contributed by atoms with E-state index in [2.05, 4.69) is 178 Å². The molecule has 13 rings (SSSR count). The van der Waals surface area contributed by atoms with E-state index in [4.69, 9.17) is 14.2 Å². The van der Waals surface area contributed by atoms with E-state index in [0.717, 1.165) is 38.2 Å². The number of unbranched alkanes of at least 4 members (excludes halogenated alkanes) is 10. The van der Waals surface area contributed by atoms with Gasteiger partial charge in [-0.15, -0.1) is 22.7 Å². The number of benzene rings is 8. The number of aryl methyl sites for hydroxylation is 1. The van der Waals surface area contributed by atoms with E-state index >= 15 is 0 Å². The van der Waals surface area contributed by atoms with Crippen LogP contribution in [0.2, 0.25) is 0 Å². The summed E-state index contributed by atoms with van der Waals surface area (Å²) in [6.07, 6.45) is 35.3. The highest BCUT2D eigenvalue weighted by atomic mass is 32.1. The van der Waals surface area contributed by atoms with Gasteiger partial charge in [-0.2, -0.15) is 0 Å². The Kier molecular flexibility index (Phi) is 18.4. The van der Waals surface area contributed by atoms with Crippen LogP contribution in [0, 0.1) is 17.8 Å². The molecule has 0 amide bonds. The third kappa shape index (κ3) is 11.7. The minimum absolute atomic E-state index is 0.0488. The topological polar surface area (TPSA) is 27.7 Å². The summed E-state index contributed by atoms with van der Waals surface area (Å²) < 4.78 is 22.2. The highest BCUT2D eigenvalue weighted by Crippen LogP contribution is 2.77. The third-order valence-electron chi connectivity index (χ3n) is 20.9. The summed E-state index contributed by atoms with van der Waals surface area (Å²) in [6.45, 7) is 8.60. The Labute approximate surface area is 532 Å². The summed E-state index contributed by atoms with van der Waals surface area (Å²) in [6, 6.07) is 62.2. The maximum atomic E-state index is 6.24. The van der Waals surface area contributed by atoms with Crippen molar-refractivity contribution in [1.29, 1.82) is 0 Å². The number of hydrogen-bond donors (Lipinski definition) is 0. The Hall–Kier alpha value is -6.92. The van der Waals surface area contributed by atoms with Gasteiger partial charge in [-0.3, -0.25) is 0 Å². The predicted octanol–water partition coefficient (Wildman–Crippen LogP) is 25.4. The Morgan fingerprint density at radius 1 is 0.409 bits per heavy atom. The van der Waals surface area contributed by atoms with Gasteiger partial charge in [-0.25, -0.2) is 0 Å². The normalized spacial score (nSPS) is 18.8. The van der Waals surface area contributed by atoms with Crippen LogP contribution in [0.4, 0.5) is 0 Å². The van der Waals surface area contributed by atoms with Gasteiger partial charge < -0.3 is 14.2 Å². The number of thiophene rings is 2. The molecule has 2 aromatic heterocycles. The fraction of sp³-hybridized carbons (Fsp3) is 0.373. The van der Waals surface area contributed by atoms with Crippen LogP contribution in [-0.2, 0) is 14.9 Å². The molecule has 5 heteroatoms. The summed E-state index contributed by atoms with van der Waals surface area (Å²) >= 11 is 3.90. The molecule has 2 heterocycles. The van der Waals surface area contributed by atoms with Crippen molar-refractivity contribution in [2.75, 3.05) is 20.3 Å². The average Bonchev–Trinajstić information content (AvgIpc) is 1.42. The first-order valence-electron chi connectivity index (χ1n) is 33.8. The van der Waals surface area contributed by atoms with E-state index in [1.165, 1.54) is 224 Å². The van der Waals surface area contributed by atoms with Crippen LogP contribution in [-0.4, -0.2) is 20.3 Å². The third-order valence-corrected chi connectivity index (χ3v) is 23.2. The highest BCUT2D eigenvalue weighted by molar-refractivity contribution is 7.26. The summed E-state index contributed by atoms with van der Waals surface area (Å²) in [7, 11) is 1.66. The molecule has 0 N–H and O–H groups in total. The lowest BCUT2D eigenvalue weighted by Gasteiger charge is -2.67. The summed E-state index contributed by atoms with van der Waals surface area (Å²) in [5, 5.41) is 5.42. The molecule has 0 atom stereocenters. The zero-order valence-corrected chi connectivity index (χ0v) is 54.5. The number of methoxy groups -OCH3 is 1. The Morgan fingerprint density at radius 2 is 0.795 bits per heavy atom. The molecule has 0 saturated heterocycles. The monoisotopic (exact) mass is 1200 g/mol. The summed E-state index contributed by atoms with van der Waals surface area (Å²) in [5.74, 6) is 0.959. The summed E-state index contributed by atoms with van der Waals surface area (Å²) in [4.78, 5) is 0. The second kappa shape index (κ2) is 27.0. The van der Waals surface area contributed by atoms with Gasteiger partial charge in [0.15, 0.2) is 0 Å².